The van der Waals surface area contributed by atoms with Gasteiger partial charge in [0.25, 0.3) is 0 Å². The van der Waals surface area contributed by atoms with Crippen LogP contribution >= 0.6 is 11.3 Å². The molecule has 0 radical (unpaired) electrons. The van der Waals surface area contributed by atoms with E-state index in [1.54, 1.807) is 7.11 Å². The standard InChI is InChI=1S/C21H32N6OS/c1-22-20(23-15-21(10-4-3-5-11-21)17-7-6-12-29-17)24-16-8-9-19-25-18(14-28-2)26-27(19)13-16/h6-7,12,16H,3-5,8-11,13-15H2,1-2H3,(H2,22,23,24). The molecule has 3 heterocycles. The summed E-state index contributed by atoms with van der Waals surface area (Å²) in [5, 5.41) is 14.0. The first-order chi connectivity index (χ1) is 14.2. The molecule has 4 rings (SSSR count). The first-order valence-electron chi connectivity index (χ1n) is 10.7. The third-order valence-electron chi connectivity index (χ3n) is 6.19. The van der Waals surface area contributed by atoms with Crippen LogP contribution in [0.25, 0.3) is 0 Å². The Balaban J connectivity index is 1.37. The average Bonchev–Trinajstić information content (AvgIpc) is 3.42. The second-order valence-electron chi connectivity index (χ2n) is 8.18. The summed E-state index contributed by atoms with van der Waals surface area (Å²) in [6.07, 6.45) is 8.44. The van der Waals surface area contributed by atoms with Gasteiger partial charge in [0, 0.05) is 43.5 Å². The number of rotatable bonds is 6. The highest BCUT2D eigenvalue weighted by Crippen LogP contribution is 2.41. The van der Waals surface area contributed by atoms with E-state index in [4.69, 9.17) is 4.74 Å². The minimum atomic E-state index is 0.241. The molecular formula is C21H32N6OS. The van der Waals surface area contributed by atoms with Gasteiger partial charge in [-0.1, -0.05) is 25.3 Å². The van der Waals surface area contributed by atoms with Gasteiger partial charge in [0.1, 0.15) is 12.4 Å². The second kappa shape index (κ2) is 9.26. The van der Waals surface area contributed by atoms with E-state index in [1.165, 1.54) is 37.0 Å². The van der Waals surface area contributed by atoms with Gasteiger partial charge in [-0.2, -0.15) is 5.10 Å². The summed E-state index contributed by atoms with van der Waals surface area (Å²) in [4.78, 5) is 10.6. The van der Waals surface area contributed by atoms with Crippen molar-refractivity contribution in [2.45, 2.75) is 69.6 Å². The van der Waals surface area contributed by atoms with Crippen molar-refractivity contribution in [3.8, 4) is 0 Å². The van der Waals surface area contributed by atoms with Crippen LogP contribution in [-0.2, 0) is 29.7 Å². The first kappa shape index (κ1) is 20.3. The normalized spacial score (nSPS) is 21.6. The molecule has 8 heteroatoms. The number of thiophene rings is 1. The van der Waals surface area contributed by atoms with E-state index in [0.29, 0.717) is 12.6 Å². The van der Waals surface area contributed by atoms with E-state index < -0.39 is 0 Å². The molecule has 0 aromatic carbocycles. The van der Waals surface area contributed by atoms with Crippen molar-refractivity contribution in [1.29, 1.82) is 0 Å². The van der Waals surface area contributed by atoms with Crippen LogP contribution in [0.1, 0.15) is 55.1 Å². The van der Waals surface area contributed by atoms with Crippen LogP contribution < -0.4 is 10.6 Å². The third kappa shape index (κ3) is 4.64. The van der Waals surface area contributed by atoms with Crippen LogP contribution in [0.15, 0.2) is 22.5 Å². The van der Waals surface area contributed by atoms with Crippen LogP contribution in [0.2, 0.25) is 0 Å². The maximum absolute atomic E-state index is 5.16. The highest BCUT2D eigenvalue weighted by Gasteiger charge is 2.35. The van der Waals surface area contributed by atoms with Crippen LogP contribution in [-0.4, -0.2) is 47.5 Å². The Kier molecular flexibility index (Phi) is 6.50. The molecule has 0 bridgehead atoms. The first-order valence-corrected chi connectivity index (χ1v) is 11.5. The fraction of sp³-hybridized carbons (Fsp3) is 0.667. The van der Waals surface area contributed by atoms with E-state index in [1.807, 2.05) is 23.1 Å². The highest BCUT2D eigenvalue weighted by atomic mass is 32.1. The van der Waals surface area contributed by atoms with Gasteiger partial charge in [0.05, 0.1) is 6.54 Å². The lowest BCUT2D eigenvalue weighted by Crippen LogP contribution is -2.50. The Morgan fingerprint density at radius 1 is 1.38 bits per heavy atom. The SMILES string of the molecule is CN=C(NCC1(c2cccs2)CCCCC1)NC1CCc2nc(COC)nn2C1. The summed E-state index contributed by atoms with van der Waals surface area (Å²) in [7, 11) is 3.53. The van der Waals surface area contributed by atoms with Crippen LogP contribution in [0.4, 0.5) is 0 Å². The molecule has 1 fully saturated rings. The maximum Gasteiger partial charge on any atom is 0.191 e. The van der Waals surface area contributed by atoms with Crippen molar-refractivity contribution in [2.24, 2.45) is 4.99 Å². The van der Waals surface area contributed by atoms with Gasteiger partial charge >= 0.3 is 0 Å². The van der Waals surface area contributed by atoms with E-state index in [2.05, 4.69) is 43.2 Å². The van der Waals surface area contributed by atoms with Crippen molar-refractivity contribution in [3.63, 3.8) is 0 Å². The second-order valence-corrected chi connectivity index (χ2v) is 9.13. The molecular weight excluding hydrogens is 384 g/mol. The van der Waals surface area contributed by atoms with E-state index in [9.17, 15) is 0 Å². The lowest BCUT2D eigenvalue weighted by molar-refractivity contribution is 0.177. The summed E-state index contributed by atoms with van der Waals surface area (Å²) in [5.41, 5.74) is 0.241. The molecule has 2 aliphatic rings. The number of fused-ring (bicyclic) bond motifs is 1. The highest BCUT2D eigenvalue weighted by molar-refractivity contribution is 7.10. The van der Waals surface area contributed by atoms with E-state index in [0.717, 1.165) is 43.5 Å². The largest absolute Gasteiger partial charge is 0.377 e. The molecule has 2 aromatic heterocycles. The monoisotopic (exact) mass is 416 g/mol. The molecule has 2 N–H and O–H groups in total. The molecule has 1 atom stereocenters. The molecule has 29 heavy (non-hydrogen) atoms. The summed E-state index contributed by atoms with van der Waals surface area (Å²) in [6, 6.07) is 4.78. The van der Waals surface area contributed by atoms with Crippen LogP contribution in [0.5, 0.6) is 0 Å². The topological polar surface area (TPSA) is 76.4 Å². The van der Waals surface area contributed by atoms with Crippen molar-refractivity contribution in [1.82, 2.24) is 25.4 Å². The number of hydrogen-bond donors (Lipinski definition) is 2. The van der Waals surface area contributed by atoms with Crippen LogP contribution in [0.3, 0.4) is 0 Å². The fourth-order valence-corrected chi connectivity index (χ4v) is 5.62. The predicted molar refractivity (Wildman–Crippen MR) is 116 cm³/mol. The Hall–Kier alpha value is -1.93. The maximum atomic E-state index is 5.16. The van der Waals surface area contributed by atoms with Gasteiger partial charge < -0.3 is 15.4 Å². The quantitative estimate of drug-likeness (QED) is 0.559. The molecule has 1 aliphatic carbocycles. The lowest BCUT2D eigenvalue weighted by atomic mass is 9.73. The summed E-state index contributed by atoms with van der Waals surface area (Å²) in [5.74, 6) is 2.70. The lowest BCUT2D eigenvalue weighted by Gasteiger charge is -2.37. The van der Waals surface area contributed by atoms with Gasteiger partial charge in [0.2, 0.25) is 0 Å². The zero-order valence-electron chi connectivity index (χ0n) is 17.5. The molecule has 2 aromatic rings. The molecule has 1 saturated carbocycles. The minimum absolute atomic E-state index is 0.241. The molecule has 0 amide bonds. The van der Waals surface area contributed by atoms with E-state index in [-0.39, 0.29) is 5.41 Å². The number of nitrogens with zero attached hydrogens (tertiary/aromatic N) is 4. The molecule has 0 saturated heterocycles. The summed E-state index contributed by atoms with van der Waals surface area (Å²) < 4.78 is 7.17. The summed E-state index contributed by atoms with van der Waals surface area (Å²) in [6.45, 7) is 2.21. The number of aryl methyl sites for hydroxylation is 1. The van der Waals surface area contributed by atoms with Crippen LogP contribution in [0, 0.1) is 0 Å². The van der Waals surface area contributed by atoms with Crippen molar-refractivity contribution >= 4 is 17.3 Å². The number of ether oxygens (including phenoxy) is 1. The molecule has 1 unspecified atom stereocenters. The number of guanidine groups is 1. The predicted octanol–water partition coefficient (Wildman–Crippen LogP) is 2.87. The smallest absolute Gasteiger partial charge is 0.191 e. The Morgan fingerprint density at radius 3 is 2.97 bits per heavy atom. The molecule has 1 aliphatic heterocycles. The Labute approximate surface area is 177 Å². The molecule has 7 nitrogen and oxygen atoms in total. The Morgan fingerprint density at radius 2 is 2.24 bits per heavy atom. The van der Waals surface area contributed by atoms with Crippen molar-refractivity contribution in [3.05, 3.63) is 34.0 Å². The fourth-order valence-electron chi connectivity index (χ4n) is 4.63. The third-order valence-corrected chi connectivity index (χ3v) is 7.30. The van der Waals surface area contributed by atoms with Crippen molar-refractivity contribution < 1.29 is 4.74 Å². The zero-order chi connectivity index (χ0) is 20.1. The Bertz CT molecular complexity index is 809. The van der Waals surface area contributed by atoms with Gasteiger partial charge in [-0.15, -0.1) is 11.3 Å². The number of methoxy groups -OCH3 is 1. The number of nitrogens with one attached hydrogen (secondary N) is 2. The van der Waals surface area contributed by atoms with Gasteiger partial charge in [0.15, 0.2) is 11.8 Å². The zero-order valence-corrected chi connectivity index (χ0v) is 18.3. The molecule has 0 spiro atoms. The number of hydrogen-bond acceptors (Lipinski definition) is 5. The summed E-state index contributed by atoms with van der Waals surface area (Å²) >= 11 is 1.89. The minimum Gasteiger partial charge on any atom is -0.377 e. The van der Waals surface area contributed by atoms with Gasteiger partial charge in [-0.25, -0.2) is 9.67 Å². The molecule has 158 valence electrons. The van der Waals surface area contributed by atoms with E-state index >= 15 is 0 Å². The number of aromatic nitrogens is 3. The average molecular weight is 417 g/mol. The van der Waals surface area contributed by atoms with Gasteiger partial charge in [-0.3, -0.25) is 4.99 Å². The van der Waals surface area contributed by atoms with Gasteiger partial charge in [-0.05, 0) is 30.7 Å². The van der Waals surface area contributed by atoms with Crippen molar-refractivity contribution in [2.75, 3.05) is 20.7 Å². The number of aliphatic imine (C=N–C) groups is 1.